The highest BCUT2D eigenvalue weighted by Crippen LogP contribution is 2.22. The summed E-state index contributed by atoms with van der Waals surface area (Å²) in [5.74, 6) is -0.204. The Bertz CT molecular complexity index is 1030. The summed E-state index contributed by atoms with van der Waals surface area (Å²) in [5, 5.41) is 3.45. The van der Waals surface area contributed by atoms with Crippen molar-refractivity contribution < 1.29 is 9.18 Å². The van der Waals surface area contributed by atoms with E-state index in [4.69, 9.17) is 0 Å². The molecular weight excluding hydrogens is 327 g/mol. The van der Waals surface area contributed by atoms with Crippen LogP contribution in [0.5, 0.6) is 0 Å². The number of carbonyl (C=O) groups excluding carboxylic acids is 1. The molecule has 2 aromatic carbocycles. The van der Waals surface area contributed by atoms with Crippen molar-refractivity contribution in [3.05, 3.63) is 66.1 Å². The van der Waals surface area contributed by atoms with Crippen molar-refractivity contribution >= 4 is 33.5 Å². The van der Waals surface area contributed by atoms with Gasteiger partial charge in [-0.25, -0.2) is 4.39 Å². The number of hydrogen-bond donors (Lipinski definition) is 2. The lowest BCUT2D eigenvalue weighted by atomic mass is 10.2. The maximum Gasteiger partial charge on any atom is 0.273 e. The third-order valence-corrected chi connectivity index (χ3v) is 4.16. The van der Waals surface area contributed by atoms with Crippen LogP contribution in [0.4, 0.5) is 9.52 Å². The normalized spacial score (nSPS) is 10.9. The summed E-state index contributed by atoms with van der Waals surface area (Å²) in [4.78, 5) is 19.5. The molecule has 0 saturated heterocycles. The molecule has 1 amide bonds. The standard InChI is InChI=1S/C17H11FN4OS/c18-12-7-4-8-13-11(12)9-14(19-13)16(23)21-17-20-15(22-24-17)10-5-2-1-3-6-10/h1-9,19H,(H,20,21,22,23). The summed E-state index contributed by atoms with van der Waals surface area (Å²) in [7, 11) is 0. The Morgan fingerprint density at radius 3 is 2.75 bits per heavy atom. The van der Waals surface area contributed by atoms with Crippen LogP contribution >= 0.6 is 11.5 Å². The van der Waals surface area contributed by atoms with E-state index in [0.29, 0.717) is 21.9 Å². The Labute approximate surface area is 140 Å². The Balaban J connectivity index is 1.57. The number of amides is 1. The molecule has 0 radical (unpaired) electrons. The highest BCUT2D eigenvalue weighted by Gasteiger charge is 2.14. The molecular formula is C17H11FN4OS. The first-order valence-corrected chi connectivity index (χ1v) is 7.96. The number of nitrogens with zero attached hydrogens (tertiary/aromatic N) is 2. The Morgan fingerprint density at radius 1 is 1.12 bits per heavy atom. The first kappa shape index (κ1) is 14.5. The smallest absolute Gasteiger partial charge is 0.273 e. The van der Waals surface area contributed by atoms with Gasteiger partial charge in [0.25, 0.3) is 5.91 Å². The number of nitrogens with one attached hydrogen (secondary N) is 2. The monoisotopic (exact) mass is 338 g/mol. The van der Waals surface area contributed by atoms with Gasteiger partial charge >= 0.3 is 0 Å². The zero-order chi connectivity index (χ0) is 16.5. The van der Waals surface area contributed by atoms with Gasteiger partial charge in [-0.3, -0.25) is 10.1 Å². The number of aromatic nitrogens is 3. The third kappa shape index (κ3) is 2.65. The SMILES string of the molecule is O=C(Nc1nc(-c2ccccc2)ns1)c1cc2c(F)cccc2[nH]1. The van der Waals surface area contributed by atoms with E-state index in [1.54, 1.807) is 12.1 Å². The van der Waals surface area contributed by atoms with Crippen LogP contribution in [0.15, 0.2) is 54.6 Å². The summed E-state index contributed by atoms with van der Waals surface area (Å²) in [6, 6.07) is 15.6. The molecule has 0 aliphatic heterocycles. The minimum Gasteiger partial charge on any atom is -0.350 e. The Hall–Kier alpha value is -3.06. The number of halogens is 1. The number of rotatable bonds is 3. The van der Waals surface area contributed by atoms with Crippen molar-refractivity contribution in [2.24, 2.45) is 0 Å². The molecule has 7 heteroatoms. The van der Waals surface area contributed by atoms with Crippen molar-refractivity contribution in [2.75, 3.05) is 5.32 Å². The maximum atomic E-state index is 13.7. The van der Waals surface area contributed by atoms with Gasteiger partial charge in [0.2, 0.25) is 5.13 Å². The molecule has 2 N–H and O–H groups in total. The van der Waals surface area contributed by atoms with E-state index >= 15 is 0 Å². The minimum atomic E-state index is -0.388. The van der Waals surface area contributed by atoms with E-state index in [-0.39, 0.29) is 17.4 Å². The highest BCUT2D eigenvalue weighted by molar-refractivity contribution is 7.10. The second-order valence-electron chi connectivity index (χ2n) is 5.13. The molecule has 0 aliphatic carbocycles. The summed E-state index contributed by atoms with van der Waals surface area (Å²) in [6.45, 7) is 0. The summed E-state index contributed by atoms with van der Waals surface area (Å²) in [5.41, 5.74) is 1.72. The lowest BCUT2D eigenvalue weighted by molar-refractivity contribution is 0.102. The first-order valence-electron chi connectivity index (χ1n) is 7.18. The van der Waals surface area contributed by atoms with Crippen LogP contribution in [0.2, 0.25) is 0 Å². The lowest BCUT2D eigenvalue weighted by Crippen LogP contribution is -2.11. The molecule has 0 aliphatic rings. The summed E-state index contributed by atoms with van der Waals surface area (Å²) < 4.78 is 17.9. The van der Waals surface area contributed by atoms with Gasteiger partial charge in [0.05, 0.1) is 0 Å². The van der Waals surface area contributed by atoms with Crippen molar-refractivity contribution in [1.29, 1.82) is 0 Å². The van der Waals surface area contributed by atoms with Crippen LogP contribution in [0, 0.1) is 5.82 Å². The highest BCUT2D eigenvalue weighted by atomic mass is 32.1. The molecule has 2 heterocycles. The van der Waals surface area contributed by atoms with Gasteiger partial charge in [0.1, 0.15) is 11.5 Å². The molecule has 24 heavy (non-hydrogen) atoms. The maximum absolute atomic E-state index is 13.7. The Morgan fingerprint density at radius 2 is 1.96 bits per heavy atom. The number of H-pyrrole nitrogens is 1. The zero-order valence-corrected chi connectivity index (χ0v) is 13.1. The number of aromatic amines is 1. The van der Waals surface area contributed by atoms with Gasteiger partial charge in [0.15, 0.2) is 5.82 Å². The van der Waals surface area contributed by atoms with Crippen LogP contribution in [0.25, 0.3) is 22.3 Å². The molecule has 0 unspecified atom stereocenters. The number of benzene rings is 2. The van der Waals surface area contributed by atoms with E-state index in [2.05, 4.69) is 19.7 Å². The number of anilines is 1. The van der Waals surface area contributed by atoms with Gasteiger partial charge in [-0.05, 0) is 18.2 Å². The van der Waals surface area contributed by atoms with Gasteiger partial charge in [0, 0.05) is 28.0 Å². The molecule has 0 saturated carbocycles. The lowest BCUT2D eigenvalue weighted by Gasteiger charge is -1.97. The number of fused-ring (bicyclic) bond motifs is 1. The third-order valence-electron chi connectivity index (χ3n) is 3.53. The van der Waals surface area contributed by atoms with E-state index < -0.39 is 0 Å². The Kier molecular flexibility index (Phi) is 3.55. The van der Waals surface area contributed by atoms with E-state index in [1.165, 1.54) is 12.1 Å². The average molecular weight is 338 g/mol. The van der Waals surface area contributed by atoms with Crippen molar-refractivity contribution in [1.82, 2.24) is 14.3 Å². The second kappa shape index (κ2) is 5.86. The average Bonchev–Trinajstić information content (AvgIpc) is 3.23. The second-order valence-corrected chi connectivity index (χ2v) is 5.88. The molecule has 0 bridgehead atoms. The number of carbonyl (C=O) groups is 1. The predicted molar refractivity (Wildman–Crippen MR) is 91.6 cm³/mol. The predicted octanol–water partition coefficient (Wildman–Crippen LogP) is 4.08. The van der Waals surface area contributed by atoms with Crippen LogP contribution in [-0.4, -0.2) is 20.2 Å². The van der Waals surface area contributed by atoms with Crippen LogP contribution in [0.1, 0.15) is 10.5 Å². The fourth-order valence-corrected chi connectivity index (χ4v) is 2.97. The molecule has 4 rings (SSSR count). The van der Waals surface area contributed by atoms with Crippen molar-refractivity contribution in [3.63, 3.8) is 0 Å². The van der Waals surface area contributed by atoms with Crippen LogP contribution in [0.3, 0.4) is 0 Å². The minimum absolute atomic E-state index is 0.270. The van der Waals surface area contributed by atoms with Crippen LogP contribution < -0.4 is 5.32 Å². The summed E-state index contributed by atoms with van der Waals surface area (Å²) >= 11 is 1.10. The molecule has 4 aromatic rings. The molecule has 0 atom stereocenters. The van der Waals surface area contributed by atoms with Crippen LogP contribution in [-0.2, 0) is 0 Å². The van der Waals surface area contributed by atoms with Gasteiger partial charge < -0.3 is 4.98 Å². The first-order chi connectivity index (χ1) is 11.7. The van der Waals surface area contributed by atoms with E-state index in [0.717, 1.165) is 17.1 Å². The fraction of sp³-hybridized carbons (Fsp3) is 0. The van der Waals surface area contributed by atoms with E-state index in [9.17, 15) is 9.18 Å². The molecule has 2 aromatic heterocycles. The molecule has 5 nitrogen and oxygen atoms in total. The molecule has 118 valence electrons. The topological polar surface area (TPSA) is 70.7 Å². The van der Waals surface area contributed by atoms with Gasteiger partial charge in [-0.15, -0.1) is 0 Å². The van der Waals surface area contributed by atoms with Gasteiger partial charge in [-0.1, -0.05) is 36.4 Å². The summed E-state index contributed by atoms with van der Waals surface area (Å²) in [6.07, 6.45) is 0. The van der Waals surface area contributed by atoms with Gasteiger partial charge in [-0.2, -0.15) is 9.36 Å². The van der Waals surface area contributed by atoms with Crippen molar-refractivity contribution in [3.8, 4) is 11.4 Å². The quantitative estimate of drug-likeness (QED) is 0.591. The largest absolute Gasteiger partial charge is 0.350 e. The number of hydrogen-bond acceptors (Lipinski definition) is 4. The van der Waals surface area contributed by atoms with Crippen molar-refractivity contribution in [2.45, 2.75) is 0 Å². The molecule has 0 fully saturated rings. The molecule has 0 spiro atoms. The zero-order valence-electron chi connectivity index (χ0n) is 12.3. The van der Waals surface area contributed by atoms with E-state index in [1.807, 2.05) is 30.3 Å². The fourth-order valence-electron chi connectivity index (χ4n) is 2.38.